The van der Waals surface area contributed by atoms with Gasteiger partial charge in [0, 0.05) is 29.2 Å². The van der Waals surface area contributed by atoms with Crippen molar-refractivity contribution in [2.75, 3.05) is 18.9 Å². The number of hydrogen-bond acceptors (Lipinski definition) is 3. The molecule has 1 N–H and O–H groups in total. The maximum atomic E-state index is 12.7. The quantitative estimate of drug-likeness (QED) is 0.901. The SMILES string of the molecule is CCN(Cc1cccs1)C(=O)c1cc(Cl)ccc1NC. The summed E-state index contributed by atoms with van der Waals surface area (Å²) in [5, 5.41) is 5.63. The van der Waals surface area contributed by atoms with Gasteiger partial charge in [0.05, 0.1) is 12.1 Å². The average molecular weight is 309 g/mol. The largest absolute Gasteiger partial charge is 0.387 e. The first kappa shape index (κ1) is 14.9. The average Bonchev–Trinajstić information content (AvgIpc) is 2.97. The lowest BCUT2D eigenvalue weighted by molar-refractivity contribution is 0.0755. The molecule has 0 spiro atoms. The number of rotatable bonds is 5. The Morgan fingerprint density at radius 1 is 1.40 bits per heavy atom. The zero-order valence-corrected chi connectivity index (χ0v) is 13.1. The van der Waals surface area contributed by atoms with Crippen molar-refractivity contribution in [3.63, 3.8) is 0 Å². The number of carbonyl (C=O) groups is 1. The highest BCUT2D eigenvalue weighted by atomic mass is 35.5. The summed E-state index contributed by atoms with van der Waals surface area (Å²) < 4.78 is 0. The third-order valence-corrected chi connectivity index (χ3v) is 4.17. The molecule has 1 aromatic heterocycles. The number of thiophene rings is 1. The Morgan fingerprint density at radius 3 is 2.80 bits per heavy atom. The van der Waals surface area contributed by atoms with E-state index in [0.717, 1.165) is 5.69 Å². The number of amides is 1. The van der Waals surface area contributed by atoms with E-state index in [-0.39, 0.29) is 5.91 Å². The summed E-state index contributed by atoms with van der Waals surface area (Å²) in [6.45, 7) is 3.27. The standard InChI is InChI=1S/C15H17ClN2OS/c1-3-18(10-12-5-4-8-20-12)15(19)13-9-11(16)6-7-14(13)17-2/h4-9,17H,3,10H2,1-2H3. The molecule has 0 unspecified atom stereocenters. The van der Waals surface area contributed by atoms with Crippen LogP contribution in [0, 0.1) is 0 Å². The van der Waals surface area contributed by atoms with Crippen LogP contribution in [0.25, 0.3) is 0 Å². The van der Waals surface area contributed by atoms with Crippen molar-refractivity contribution in [3.05, 3.63) is 51.2 Å². The summed E-state index contributed by atoms with van der Waals surface area (Å²) in [5.41, 5.74) is 1.41. The molecule has 0 radical (unpaired) electrons. The molecule has 106 valence electrons. The number of benzene rings is 1. The smallest absolute Gasteiger partial charge is 0.256 e. The van der Waals surface area contributed by atoms with Crippen molar-refractivity contribution in [2.24, 2.45) is 0 Å². The van der Waals surface area contributed by atoms with Gasteiger partial charge in [-0.2, -0.15) is 0 Å². The molecule has 2 aromatic rings. The Hall–Kier alpha value is -1.52. The highest BCUT2D eigenvalue weighted by Gasteiger charge is 2.18. The predicted octanol–water partition coefficient (Wildman–Crippen LogP) is 4.11. The van der Waals surface area contributed by atoms with E-state index in [1.54, 1.807) is 30.5 Å². The van der Waals surface area contributed by atoms with E-state index in [1.807, 2.05) is 35.4 Å². The summed E-state index contributed by atoms with van der Waals surface area (Å²) in [6, 6.07) is 9.36. The minimum absolute atomic E-state index is 0.00671. The van der Waals surface area contributed by atoms with E-state index in [1.165, 1.54) is 4.88 Å². The summed E-state index contributed by atoms with van der Waals surface area (Å²) in [4.78, 5) is 15.7. The lowest BCUT2D eigenvalue weighted by Crippen LogP contribution is -2.30. The second-order valence-electron chi connectivity index (χ2n) is 4.34. The molecule has 1 aromatic carbocycles. The fourth-order valence-electron chi connectivity index (χ4n) is 2.00. The Kier molecular flexibility index (Phi) is 5.04. The van der Waals surface area contributed by atoms with Crippen LogP contribution in [0.3, 0.4) is 0 Å². The third-order valence-electron chi connectivity index (χ3n) is 3.08. The summed E-state index contributed by atoms with van der Waals surface area (Å²) in [7, 11) is 1.80. The van der Waals surface area contributed by atoms with Crippen LogP contribution in [0.15, 0.2) is 35.7 Å². The maximum Gasteiger partial charge on any atom is 0.256 e. The number of anilines is 1. The number of hydrogen-bond donors (Lipinski definition) is 1. The molecule has 1 heterocycles. The fraction of sp³-hybridized carbons (Fsp3) is 0.267. The molecule has 0 bridgehead atoms. The lowest BCUT2D eigenvalue weighted by Gasteiger charge is -2.21. The van der Waals surface area contributed by atoms with Gasteiger partial charge in [0.2, 0.25) is 0 Å². The predicted molar refractivity (Wildman–Crippen MR) is 85.7 cm³/mol. The fourth-order valence-corrected chi connectivity index (χ4v) is 2.89. The first-order valence-corrected chi connectivity index (χ1v) is 7.70. The Balaban J connectivity index is 2.26. The van der Waals surface area contributed by atoms with Crippen LogP contribution in [-0.2, 0) is 6.54 Å². The number of halogens is 1. The Bertz CT molecular complexity index is 584. The normalized spacial score (nSPS) is 10.3. The molecule has 0 atom stereocenters. The summed E-state index contributed by atoms with van der Waals surface area (Å²) in [5.74, 6) is -0.00671. The number of nitrogens with one attached hydrogen (secondary N) is 1. The molecule has 0 aliphatic carbocycles. The van der Waals surface area contributed by atoms with Crippen LogP contribution in [0.1, 0.15) is 22.2 Å². The lowest BCUT2D eigenvalue weighted by atomic mass is 10.1. The van der Waals surface area contributed by atoms with Gasteiger partial charge in [-0.1, -0.05) is 17.7 Å². The molecule has 0 fully saturated rings. The van der Waals surface area contributed by atoms with Crippen LogP contribution in [0.4, 0.5) is 5.69 Å². The minimum Gasteiger partial charge on any atom is -0.387 e. The van der Waals surface area contributed by atoms with Gasteiger partial charge in [-0.3, -0.25) is 4.79 Å². The van der Waals surface area contributed by atoms with Crippen molar-refractivity contribution in [1.29, 1.82) is 0 Å². The zero-order chi connectivity index (χ0) is 14.5. The van der Waals surface area contributed by atoms with Gasteiger partial charge in [0.15, 0.2) is 0 Å². The summed E-state index contributed by atoms with van der Waals surface area (Å²) >= 11 is 7.67. The maximum absolute atomic E-state index is 12.7. The van der Waals surface area contributed by atoms with Gasteiger partial charge in [-0.05, 0) is 36.6 Å². The van der Waals surface area contributed by atoms with Crippen molar-refractivity contribution in [1.82, 2.24) is 4.90 Å². The van der Waals surface area contributed by atoms with Crippen molar-refractivity contribution < 1.29 is 4.79 Å². The molecule has 2 rings (SSSR count). The molecule has 20 heavy (non-hydrogen) atoms. The van der Waals surface area contributed by atoms with Gasteiger partial charge in [0.25, 0.3) is 5.91 Å². The van der Waals surface area contributed by atoms with E-state index >= 15 is 0 Å². The van der Waals surface area contributed by atoms with Crippen LogP contribution in [0.5, 0.6) is 0 Å². The highest BCUT2D eigenvalue weighted by molar-refractivity contribution is 7.09. The Morgan fingerprint density at radius 2 is 2.20 bits per heavy atom. The minimum atomic E-state index is -0.00671. The molecule has 3 nitrogen and oxygen atoms in total. The van der Waals surface area contributed by atoms with Crippen LogP contribution < -0.4 is 5.32 Å². The van der Waals surface area contributed by atoms with Crippen LogP contribution >= 0.6 is 22.9 Å². The molecule has 0 saturated heterocycles. The van der Waals surface area contributed by atoms with Crippen molar-refractivity contribution >= 4 is 34.5 Å². The molecular weight excluding hydrogens is 292 g/mol. The van der Waals surface area contributed by atoms with Crippen molar-refractivity contribution in [2.45, 2.75) is 13.5 Å². The first-order chi connectivity index (χ1) is 9.65. The highest BCUT2D eigenvalue weighted by Crippen LogP contribution is 2.23. The summed E-state index contributed by atoms with van der Waals surface area (Å²) in [6.07, 6.45) is 0. The van der Waals surface area contributed by atoms with E-state index in [2.05, 4.69) is 5.32 Å². The second kappa shape index (κ2) is 6.77. The van der Waals surface area contributed by atoms with E-state index in [9.17, 15) is 4.79 Å². The molecule has 5 heteroatoms. The number of nitrogens with zero attached hydrogens (tertiary/aromatic N) is 1. The molecule has 1 amide bonds. The molecule has 0 aliphatic rings. The van der Waals surface area contributed by atoms with E-state index in [4.69, 9.17) is 11.6 Å². The van der Waals surface area contributed by atoms with Crippen molar-refractivity contribution in [3.8, 4) is 0 Å². The van der Waals surface area contributed by atoms with E-state index < -0.39 is 0 Å². The molecular formula is C15H17ClN2OS. The Labute approximate surface area is 128 Å². The van der Waals surface area contributed by atoms with E-state index in [0.29, 0.717) is 23.7 Å². The zero-order valence-electron chi connectivity index (χ0n) is 11.5. The molecule has 0 aliphatic heterocycles. The van der Waals surface area contributed by atoms with Gasteiger partial charge in [-0.25, -0.2) is 0 Å². The third kappa shape index (κ3) is 3.32. The van der Waals surface area contributed by atoms with Gasteiger partial charge >= 0.3 is 0 Å². The number of carbonyl (C=O) groups excluding carboxylic acids is 1. The van der Waals surface area contributed by atoms with Crippen LogP contribution in [-0.4, -0.2) is 24.4 Å². The van der Waals surface area contributed by atoms with Gasteiger partial charge < -0.3 is 10.2 Å². The van der Waals surface area contributed by atoms with Gasteiger partial charge in [-0.15, -0.1) is 11.3 Å². The van der Waals surface area contributed by atoms with Crippen LogP contribution in [0.2, 0.25) is 5.02 Å². The molecule has 0 saturated carbocycles. The second-order valence-corrected chi connectivity index (χ2v) is 5.81. The first-order valence-electron chi connectivity index (χ1n) is 6.44. The topological polar surface area (TPSA) is 32.3 Å². The monoisotopic (exact) mass is 308 g/mol. The van der Waals surface area contributed by atoms with Gasteiger partial charge in [0.1, 0.15) is 0 Å².